The topological polar surface area (TPSA) is 88.0 Å². The number of carbonyl (C=O) groups excluding carboxylic acids is 1. The van der Waals surface area contributed by atoms with E-state index >= 15 is 0 Å². The Morgan fingerprint density at radius 2 is 2.20 bits per heavy atom. The number of rotatable bonds is 5. The molecule has 0 aliphatic rings. The van der Waals surface area contributed by atoms with Crippen molar-refractivity contribution >= 4 is 39.7 Å². The van der Waals surface area contributed by atoms with Crippen molar-refractivity contribution in [2.24, 2.45) is 0 Å². The smallest absolute Gasteiger partial charge is 0.408 e. The Morgan fingerprint density at radius 3 is 3.04 bits per heavy atom. The summed E-state index contributed by atoms with van der Waals surface area (Å²) < 4.78 is 5.08. The number of hydrogen-bond acceptors (Lipinski definition) is 6. The fraction of sp³-hybridized carbons (Fsp3) is 0.118. The number of fused-ring (bicyclic) bond motifs is 1. The van der Waals surface area contributed by atoms with Crippen molar-refractivity contribution in [3.8, 4) is 11.3 Å². The normalized spacial score (nSPS) is 11.0. The molecule has 4 aromatic rings. The zero-order valence-corrected chi connectivity index (χ0v) is 14.6. The van der Waals surface area contributed by atoms with E-state index in [1.165, 1.54) is 11.3 Å². The summed E-state index contributed by atoms with van der Waals surface area (Å²) in [5, 5.41) is 7.68. The SMILES string of the molecule is O=C(NCCc1nc(-c2ccc3[nH]c(=O)oc3c2)cs1)c1cccs1. The standard InChI is InChI=1S/C17H13N3O3S2/c21-16(14-2-1-7-24-14)18-6-5-15-19-12(9-25-15)10-3-4-11-13(8-10)23-17(22)20-11/h1-4,7-9H,5-6H2,(H,18,21)(H,20,22). The van der Waals surface area contributed by atoms with Gasteiger partial charge in [0.15, 0.2) is 5.58 Å². The number of benzene rings is 1. The van der Waals surface area contributed by atoms with Crippen molar-refractivity contribution < 1.29 is 9.21 Å². The van der Waals surface area contributed by atoms with Gasteiger partial charge in [-0.25, -0.2) is 9.78 Å². The molecule has 0 aliphatic carbocycles. The molecule has 1 aromatic carbocycles. The second-order valence-electron chi connectivity index (χ2n) is 5.34. The molecule has 0 radical (unpaired) electrons. The molecule has 0 bridgehead atoms. The van der Waals surface area contributed by atoms with Crippen LogP contribution in [0.1, 0.15) is 14.7 Å². The molecule has 0 unspecified atom stereocenters. The first-order chi connectivity index (χ1) is 12.2. The lowest BCUT2D eigenvalue weighted by molar-refractivity contribution is 0.0958. The van der Waals surface area contributed by atoms with Crippen molar-refractivity contribution in [1.29, 1.82) is 0 Å². The van der Waals surface area contributed by atoms with E-state index in [1.807, 2.05) is 22.9 Å². The third-order valence-electron chi connectivity index (χ3n) is 3.64. The number of aromatic nitrogens is 2. The van der Waals surface area contributed by atoms with E-state index in [4.69, 9.17) is 4.42 Å². The van der Waals surface area contributed by atoms with Gasteiger partial charge < -0.3 is 9.73 Å². The number of thiazole rings is 1. The Hall–Kier alpha value is -2.71. The van der Waals surface area contributed by atoms with Gasteiger partial charge in [0, 0.05) is 23.9 Å². The van der Waals surface area contributed by atoms with Crippen LogP contribution in [0.25, 0.3) is 22.4 Å². The number of carbonyl (C=O) groups is 1. The Labute approximate surface area is 150 Å². The number of nitrogens with zero attached hydrogens (tertiary/aromatic N) is 1. The predicted molar refractivity (Wildman–Crippen MR) is 98.3 cm³/mol. The van der Waals surface area contributed by atoms with Crippen molar-refractivity contribution in [3.05, 3.63) is 61.5 Å². The second kappa shape index (κ2) is 6.66. The molecule has 126 valence electrons. The van der Waals surface area contributed by atoms with Crippen LogP contribution in [-0.4, -0.2) is 22.4 Å². The van der Waals surface area contributed by atoms with Crippen LogP contribution in [0.15, 0.2) is 50.3 Å². The highest BCUT2D eigenvalue weighted by Crippen LogP contribution is 2.25. The Bertz CT molecular complexity index is 1080. The zero-order chi connectivity index (χ0) is 17.2. The van der Waals surface area contributed by atoms with Crippen LogP contribution in [0, 0.1) is 0 Å². The minimum atomic E-state index is -0.465. The molecule has 3 heterocycles. The minimum Gasteiger partial charge on any atom is -0.408 e. The molecule has 4 rings (SSSR count). The van der Waals surface area contributed by atoms with Gasteiger partial charge in [0.1, 0.15) is 0 Å². The second-order valence-corrected chi connectivity index (χ2v) is 7.23. The largest absolute Gasteiger partial charge is 0.417 e. The highest BCUT2D eigenvalue weighted by atomic mass is 32.1. The maximum absolute atomic E-state index is 11.9. The van der Waals surface area contributed by atoms with E-state index in [9.17, 15) is 9.59 Å². The summed E-state index contributed by atoms with van der Waals surface area (Å²) in [6.45, 7) is 0.537. The van der Waals surface area contributed by atoms with E-state index < -0.39 is 5.76 Å². The van der Waals surface area contributed by atoms with Crippen molar-refractivity contribution in [2.45, 2.75) is 6.42 Å². The van der Waals surface area contributed by atoms with E-state index in [-0.39, 0.29) is 5.91 Å². The molecular weight excluding hydrogens is 358 g/mol. The zero-order valence-electron chi connectivity index (χ0n) is 12.9. The highest BCUT2D eigenvalue weighted by Gasteiger charge is 2.09. The van der Waals surface area contributed by atoms with Crippen LogP contribution in [-0.2, 0) is 6.42 Å². The first-order valence-electron chi connectivity index (χ1n) is 7.58. The van der Waals surface area contributed by atoms with Crippen LogP contribution in [0.4, 0.5) is 0 Å². The summed E-state index contributed by atoms with van der Waals surface area (Å²) in [6, 6.07) is 9.15. The molecule has 25 heavy (non-hydrogen) atoms. The van der Waals surface area contributed by atoms with Gasteiger partial charge in [-0.1, -0.05) is 12.1 Å². The van der Waals surface area contributed by atoms with E-state index in [0.717, 1.165) is 16.3 Å². The summed E-state index contributed by atoms with van der Waals surface area (Å²) in [6.07, 6.45) is 0.670. The van der Waals surface area contributed by atoms with Gasteiger partial charge in [0.2, 0.25) is 0 Å². The lowest BCUT2D eigenvalue weighted by Crippen LogP contribution is -2.24. The number of hydrogen-bond donors (Lipinski definition) is 2. The summed E-state index contributed by atoms with van der Waals surface area (Å²) in [5.74, 6) is -0.521. The summed E-state index contributed by atoms with van der Waals surface area (Å²) in [4.78, 5) is 31.0. The van der Waals surface area contributed by atoms with Crippen molar-refractivity contribution in [1.82, 2.24) is 15.3 Å². The van der Waals surface area contributed by atoms with E-state index in [1.54, 1.807) is 29.5 Å². The van der Waals surface area contributed by atoms with Gasteiger partial charge in [-0.3, -0.25) is 9.78 Å². The lowest BCUT2D eigenvalue weighted by Gasteiger charge is -2.01. The molecule has 0 aliphatic heterocycles. The molecule has 0 spiro atoms. The van der Waals surface area contributed by atoms with Crippen LogP contribution in [0.3, 0.4) is 0 Å². The van der Waals surface area contributed by atoms with Crippen molar-refractivity contribution in [3.63, 3.8) is 0 Å². The van der Waals surface area contributed by atoms with Gasteiger partial charge in [-0.05, 0) is 23.6 Å². The fourth-order valence-electron chi connectivity index (χ4n) is 2.44. The Kier molecular flexibility index (Phi) is 4.21. The number of nitrogens with one attached hydrogen (secondary N) is 2. The maximum atomic E-state index is 11.9. The number of H-pyrrole nitrogens is 1. The van der Waals surface area contributed by atoms with Crippen LogP contribution < -0.4 is 11.1 Å². The summed E-state index contributed by atoms with van der Waals surface area (Å²) in [5.41, 5.74) is 2.90. The first-order valence-corrected chi connectivity index (χ1v) is 9.34. The Morgan fingerprint density at radius 1 is 1.28 bits per heavy atom. The third kappa shape index (κ3) is 3.40. The molecule has 0 atom stereocenters. The molecular formula is C17H13N3O3S2. The van der Waals surface area contributed by atoms with Gasteiger partial charge in [0.25, 0.3) is 5.91 Å². The predicted octanol–water partition coefficient (Wildman–Crippen LogP) is 3.28. The number of oxazole rings is 1. The average molecular weight is 371 g/mol. The number of amides is 1. The molecule has 8 heteroatoms. The number of thiophene rings is 1. The summed E-state index contributed by atoms with van der Waals surface area (Å²) >= 11 is 2.97. The molecule has 1 amide bonds. The van der Waals surface area contributed by atoms with Gasteiger partial charge in [-0.15, -0.1) is 22.7 Å². The summed E-state index contributed by atoms with van der Waals surface area (Å²) in [7, 11) is 0. The van der Waals surface area contributed by atoms with Crippen LogP contribution in [0.2, 0.25) is 0 Å². The molecule has 0 saturated carbocycles. The van der Waals surface area contributed by atoms with Gasteiger partial charge in [-0.2, -0.15) is 0 Å². The molecule has 2 N–H and O–H groups in total. The van der Waals surface area contributed by atoms with Gasteiger partial charge in [0.05, 0.1) is 21.1 Å². The van der Waals surface area contributed by atoms with Crippen LogP contribution >= 0.6 is 22.7 Å². The number of aromatic amines is 1. The average Bonchev–Trinajstić information content (AvgIpc) is 3.34. The fourth-order valence-corrected chi connectivity index (χ4v) is 3.89. The van der Waals surface area contributed by atoms with Crippen molar-refractivity contribution in [2.75, 3.05) is 6.54 Å². The Balaban J connectivity index is 1.42. The highest BCUT2D eigenvalue weighted by molar-refractivity contribution is 7.12. The van der Waals surface area contributed by atoms with Crippen LogP contribution in [0.5, 0.6) is 0 Å². The molecule has 6 nitrogen and oxygen atoms in total. The molecule has 0 saturated heterocycles. The van der Waals surface area contributed by atoms with E-state index in [0.29, 0.717) is 28.9 Å². The van der Waals surface area contributed by atoms with E-state index in [2.05, 4.69) is 15.3 Å². The quantitative estimate of drug-likeness (QED) is 0.563. The van der Waals surface area contributed by atoms with Gasteiger partial charge >= 0.3 is 5.76 Å². The molecule has 3 aromatic heterocycles. The minimum absolute atomic E-state index is 0.0558. The maximum Gasteiger partial charge on any atom is 0.417 e. The lowest BCUT2D eigenvalue weighted by atomic mass is 10.1. The third-order valence-corrected chi connectivity index (χ3v) is 5.42. The first kappa shape index (κ1) is 15.8. The monoisotopic (exact) mass is 371 g/mol. The molecule has 0 fully saturated rings.